The van der Waals surface area contributed by atoms with Gasteiger partial charge in [-0.1, -0.05) is 30.3 Å². The van der Waals surface area contributed by atoms with Crippen LogP contribution in [0.1, 0.15) is 31.1 Å². The average Bonchev–Trinajstić information content (AvgIpc) is 3.15. The summed E-state index contributed by atoms with van der Waals surface area (Å²) in [6.45, 7) is 6.22. The molecule has 0 aliphatic carbocycles. The fraction of sp³-hybridized carbons (Fsp3) is 0.316. The van der Waals surface area contributed by atoms with Crippen LogP contribution in [-0.4, -0.2) is 23.1 Å². The third-order valence-electron chi connectivity index (χ3n) is 5.05. The summed E-state index contributed by atoms with van der Waals surface area (Å²) in [5.41, 5.74) is 2.36. The van der Waals surface area contributed by atoms with Crippen LogP contribution in [0.25, 0.3) is 16.9 Å². The van der Waals surface area contributed by atoms with Gasteiger partial charge in [0.2, 0.25) is 5.78 Å². The molecule has 0 radical (unpaired) electrons. The van der Waals surface area contributed by atoms with E-state index in [-0.39, 0.29) is 17.3 Å². The molecule has 7 nitrogen and oxygen atoms in total. The fourth-order valence-corrected chi connectivity index (χ4v) is 3.67. The lowest BCUT2D eigenvalue weighted by atomic mass is 10.1. The lowest BCUT2D eigenvalue weighted by molar-refractivity contribution is 0.634. The number of nitrogens with zero attached hydrogens (tertiary/aromatic N) is 5. The number of aryl methyl sites for hydroxylation is 2. The molecule has 1 atom stereocenters. The summed E-state index contributed by atoms with van der Waals surface area (Å²) in [7, 11) is 1.65. The van der Waals surface area contributed by atoms with Crippen molar-refractivity contribution in [1.29, 1.82) is 0 Å². The second kappa shape index (κ2) is 5.72. The van der Waals surface area contributed by atoms with Crippen molar-refractivity contribution in [3.63, 3.8) is 0 Å². The maximum absolute atomic E-state index is 12.8. The third kappa shape index (κ3) is 2.09. The van der Waals surface area contributed by atoms with E-state index >= 15 is 0 Å². The second-order valence-electron chi connectivity index (χ2n) is 6.57. The molecule has 3 aromatic heterocycles. The molecular formula is C19H21N5O2. The summed E-state index contributed by atoms with van der Waals surface area (Å²) >= 11 is 0. The fourth-order valence-electron chi connectivity index (χ4n) is 3.67. The molecule has 0 aliphatic heterocycles. The minimum absolute atomic E-state index is 0.0518. The summed E-state index contributed by atoms with van der Waals surface area (Å²) in [4.78, 5) is 29.9. The van der Waals surface area contributed by atoms with Crippen molar-refractivity contribution in [3.05, 3.63) is 68.6 Å². The molecular weight excluding hydrogens is 330 g/mol. The monoisotopic (exact) mass is 351 g/mol. The Labute approximate surface area is 149 Å². The summed E-state index contributed by atoms with van der Waals surface area (Å²) < 4.78 is 6.58. The van der Waals surface area contributed by atoms with Gasteiger partial charge in [0.1, 0.15) is 0 Å². The second-order valence-corrected chi connectivity index (χ2v) is 6.57. The van der Waals surface area contributed by atoms with E-state index in [4.69, 9.17) is 0 Å². The molecule has 1 aromatic carbocycles. The summed E-state index contributed by atoms with van der Waals surface area (Å²) in [6, 6.07) is 10.2. The van der Waals surface area contributed by atoms with Crippen molar-refractivity contribution < 1.29 is 0 Å². The van der Waals surface area contributed by atoms with E-state index in [9.17, 15) is 9.59 Å². The SMILES string of the molecule is CCn1c(=O)c2c(nc3n([C@H](C)c4ccccc4)c(C)cn23)n(C)c1=O. The van der Waals surface area contributed by atoms with Gasteiger partial charge in [0.25, 0.3) is 5.56 Å². The lowest BCUT2D eigenvalue weighted by Gasteiger charge is -2.16. The van der Waals surface area contributed by atoms with Crippen LogP contribution >= 0.6 is 0 Å². The smallest absolute Gasteiger partial charge is 0.307 e. The number of hydrogen-bond acceptors (Lipinski definition) is 3. The van der Waals surface area contributed by atoms with E-state index in [2.05, 4.69) is 28.6 Å². The molecule has 0 N–H and O–H groups in total. The van der Waals surface area contributed by atoms with Gasteiger partial charge >= 0.3 is 5.69 Å². The average molecular weight is 351 g/mol. The normalized spacial score (nSPS) is 12.9. The van der Waals surface area contributed by atoms with Gasteiger partial charge < -0.3 is 4.57 Å². The maximum atomic E-state index is 12.8. The zero-order valence-electron chi connectivity index (χ0n) is 15.3. The number of aromatic nitrogens is 5. The zero-order chi connectivity index (χ0) is 18.6. The van der Waals surface area contributed by atoms with E-state index < -0.39 is 0 Å². The first-order valence-electron chi connectivity index (χ1n) is 8.70. The minimum atomic E-state index is -0.342. The Hall–Kier alpha value is -3.09. The predicted octanol–water partition coefficient (Wildman–Crippen LogP) is 2.09. The molecule has 0 spiro atoms. The molecule has 26 heavy (non-hydrogen) atoms. The van der Waals surface area contributed by atoms with Gasteiger partial charge in [-0.3, -0.25) is 18.3 Å². The third-order valence-corrected chi connectivity index (χ3v) is 5.05. The Morgan fingerprint density at radius 3 is 2.50 bits per heavy atom. The van der Waals surface area contributed by atoms with Crippen molar-refractivity contribution in [2.24, 2.45) is 7.05 Å². The van der Waals surface area contributed by atoms with E-state index in [0.717, 1.165) is 11.3 Å². The predicted molar refractivity (Wildman–Crippen MR) is 101 cm³/mol. The quantitative estimate of drug-likeness (QED) is 0.568. The van der Waals surface area contributed by atoms with Gasteiger partial charge in [-0.25, -0.2) is 4.79 Å². The van der Waals surface area contributed by atoms with Crippen LogP contribution in [0.2, 0.25) is 0 Å². The van der Waals surface area contributed by atoms with Crippen molar-refractivity contribution >= 4 is 16.9 Å². The first kappa shape index (κ1) is 16.4. The van der Waals surface area contributed by atoms with Crippen LogP contribution in [0.3, 0.4) is 0 Å². The molecule has 0 fully saturated rings. The van der Waals surface area contributed by atoms with Crippen LogP contribution in [0, 0.1) is 6.92 Å². The molecule has 0 saturated heterocycles. The Balaban J connectivity index is 2.09. The van der Waals surface area contributed by atoms with Crippen LogP contribution in [0.5, 0.6) is 0 Å². The standard InChI is InChI=1S/C19H21N5O2/c1-5-22-17(25)15-16(21(4)19(22)26)20-18-23(15)11-12(2)24(18)13(3)14-9-7-6-8-10-14/h6-11,13H,5H2,1-4H3/t13-/m1/s1. The van der Waals surface area contributed by atoms with Crippen molar-refractivity contribution in [2.45, 2.75) is 33.4 Å². The van der Waals surface area contributed by atoms with E-state index in [0.29, 0.717) is 23.5 Å². The molecule has 3 heterocycles. The summed E-state index contributed by atoms with van der Waals surface area (Å²) in [5, 5.41) is 0. The first-order valence-corrected chi connectivity index (χ1v) is 8.70. The molecule has 0 amide bonds. The highest BCUT2D eigenvalue weighted by Crippen LogP contribution is 2.25. The maximum Gasteiger partial charge on any atom is 0.332 e. The molecule has 0 bridgehead atoms. The Kier molecular flexibility index (Phi) is 3.61. The number of imidazole rings is 2. The number of rotatable bonds is 3. The molecule has 134 valence electrons. The highest BCUT2D eigenvalue weighted by atomic mass is 16.2. The van der Waals surface area contributed by atoms with Gasteiger partial charge in [-0.05, 0) is 26.3 Å². The highest BCUT2D eigenvalue weighted by molar-refractivity contribution is 5.75. The van der Waals surface area contributed by atoms with Gasteiger partial charge in [0.05, 0.1) is 6.04 Å². The van der Waals surface area contributed by atoms with Crippen molar-refractivity contribution in [3.8, 4) is 0 Å². The summed E-state index contributed by atoms with van der Waals surface area (Å²) in [6.07, 6.45) is 1.91. The van der Waals surface area contributed by atoms with Gasteiger partial charge in [-0.15, -0.1) is 0 Å². The number of fused-ring (bicyclic) bond motifs is 3. The van der Waals surface area contributed by atoms with Gasteiger partial charge in [0.15, 0.2) is 11.2 Å². The summed E-state index contributed by atoms with van der Waals surface area (Å²) in [5.74, 6) is 0.662. The lowest BCUT2D eigenvalue weighted by Crippen LogP contribution is -2.38. The van der Waals surface area contributed by atoms with Crippen molar-refractivity contribution in [2.75, 3.05) is 0 Å². The molecule has 7 heteroatoms. The zero-order valence-corrected chi connectivity index (χ0v) is 15.3. The largest absolute Gasteiger partial charge is 0.332 e. The number of benzene rings is 1. The first-order chi connectivity index (χ1) is 12.5. The molecule has 0 aliphatic rings. The van der Waals surface area contributed by atoms with Crippen LogP contribution in [0.4, 0.5) is 0 Å². The molecule has 0 unspecified atom stereocenters. The Morgan fingerprint density at radius 1 is 1.15 bits per heavy atom. The Bertz CT molecular complexity index is 1240. The van der Waals surface area contributed by atoms with Gasteiger partial charge in [-0.2, -0.15) is 4.98 Å². The molecule has 4 rings (SSSR count). The number of hydrogen-bond donors (Lipinski definition) is 0. The van der Waals surface area contributed by atoms with Crippen molar-refractivity contribution in [1.82, 2.24) is 23.1 Å². The minimum Gasteiger partial charge on any atom is -0.307 e. The molecule has 0 saturated carbocycles. The van der Waals surface area contributed by atoms with Gasteiger partial charge in [0, 0.05) is 25.5 Å². The van der Waals surface area contributed by atoms with E-state index in [1.807, 2.05) is 31.3 Å². The van der Waals surface area contributed by atoms with Crippen LogP contribution in [-0.2, 0) is 13.6 Å². The highest BCUT2D eigenvalue weighted by Gasteiger charge is 2.22. The molecule has 4 aromatic rings. The van der Waals surface area contributed by atoms with Crippen LogP contribution < -0.4 is 11.2 Å². The van der Waals surface area contributed by atoms with E-state index in [1.54, 1.807) is 18.4 Å². The Morgan fingerprint density at radius 2 is 1.85 bits per heavy atom. The van der Waals surface area contributed by atoms with Crippen LogP contribution in [0.15, 0.2) is 46.1 Å². The van der Waals surface area contributed by atoms with E-state index in [1.165, 1.54) is 9.13 Å². The topological polar surface area (TPSA) is 66.2 Å².